The Kier molecular flexibility index (Phi) is 4.28. The molecule has 1 fully saturated rings. The summed E-state index contributed by atoms with van der Waals surface area (Å²) in [7, 11) is -0.322. The van der Waals surface area contributed by atoms with Crippen LogP contribution >= 0.6 is 0 Å². The minimum Gasteiger partial charge on any atom is -0.408 e. The van der Waals surface area contributed by atoms with E-state index < -0.39 is 16.0 Å². The number of piperazine rings is 1. The van der Waals surface area contributed by atoms with Crippen LogP contribution in [0.15, 0.2) is 33.5 Å². The molecule has 0 saturated carbocycles. The summed E-state index contributed by atoms with van der Waals surface area (Å²) in [5, 5.41) is 0. The van der Waals surface area contributed by atoms with E-state index in [1.54, 1.807) is 10.6 Å². The van der Waals surface area contributed by atoms with E-state index in [0.717, 1.165) is 5.52 Å². The van der Waals surface area contributed by atoms with E-state index in [1.165, 1.54) is 22.7 Å². The molecule has 0 N–H and O–H groups in total. The summed E-state index contributed by atoms with van der Waals surface area (Å²) in [6.45, 7) is 2.35. The summed E-state index contributed by atoms with van der Waals surface area (Å²) >= 11 is 0. The summed E-state index contributed by atoms with van der Waals surface area (Å²) in [5.41, 5.74) is 1.31. The van der Waals surface area contributed by atoms with Gasteiger partial charge in [0.15, 0.2) is 5.58 Å². The number of aromatic nitrogens is 1. The Bertz CT molecular complexity index is 847. The van der Waals surface area contributed by atoms with Crippen LogP contribution in [0, 0.1) is 0 Å². The Morgan fingerprint density at radius 3 is 2.43 bits per heavy atom. The molecule has 1 saturated heterocycles. The number of benzene rings is 1. The van der Waals surface area contributed by atoms with E-state index >= 15 is 0 Å². The Balaban J connectivity index is 1.72. The van der Waals surface area contributed by atoms with Crippen molar-refractivity contribution < 1.29 is 12.8 Å². The van der Waals surface area contributed by atoms with Gasteiger partial charge in [0.1, 0.15) is 0 Å². The topological polar surface area (TPSA) is 79.0 Å². The number of hydrogen-bond donors (Lipinski definition) is 0. The van der Waals surface area contributed by atoms with Crippen LogP contribution in [0.3, 0.4) is 0 Å². The highest BCUT2D eigenvalue weighted by Crippen LogP contribution is 2.14. The van der Waals surface area contributed by atoms with Crippen molar-refractivity contribution in [2.75, 3.05) is 40.3 Å². The lowest BCUT2D eigenvalue weighted by Crippen LogP contribution is -2.52. The molecule has 0 aliphatic carbocycles. The second-order valence-corrected chi connectivity index (χ2v) is 7.85. The lowest BCUT2D eigenvalue weighted by Gasteiger charge is -2.34. The smallest absolute Gasteiger partial charge is 0.408 e. The molecule has 0 radical (unpaired) electrons. The van der Waals surface area contributed by atoms with Gasteiger partial charge in [0.05, 0.1) is 12.2 Å². The fourth-order valence-corrected chi connectivity index (χ4v) is 3.77. The van der Waals surface area contributed by atoms with E-state index in [4.69, 9.17) is 4.42 Å². The SMILES string of the molecule is CN(C)S(=O)(=O)N1CCN(Cn2c(=O)oc3ccccc32)CC1. The van der Waals surface area contributed by atoms with Crippen LogP contribution in [-0.4, -0.2) is 66.8 Å². The van der Waals surface area contributed by atoms with Gasteiger partial charge in [-0.3, -0.25) is 9.47 Å². The average molecular weight is 340 g/mol. The minimum atomic E-state index is -3.38. The molecule has 2 aromatic rings. The van der Waals surface area contributed by atoms with E-state index in [0.29, 0.717) is 38.4 Å². The fraction of sp³-hybridized carbons (Fsp3) is 0.500. The summed E-state index contributed by atoms with van der Waals surface area (Å²) < 4.78 is 33.7. The molecule has 9 heteroatoms. The van der Waals surface area contributed by atoms with Gasteiger partial charge in [-0.05, 0) is 12.1 Å². The zero-order chi connectivity index (χ0) is 16.6. The zero-order valence-electron chi connectivity index (χ0n) is 13.2. The molecule has 0 unspecified atom stereocenters. The molecule has 126 valence electrons. The molecule has 1 aliphatic rings. The maximum Gasteiger partial charge on any atom is 0.421 e. The van der Waals surface area contributed by atoms with E-state index in [9.17, 15) is 13.2 Å². The summed E-state index contributed by atoms with van der Waals surface area (Å²) in [6, 6.07) is 7.28. The molecule has 1 aliphatic heterocycles. The number of hydrogen-bond acceptors (Lipinski definition) is 5. The fourth-order valence-electron chi connectivity index (χ4n) is 2.68. The molecule has 0 spiro atoms. The van der Waals surface area contributed by atoms with Gasteiger partial charge in [-0.15, -0.1) is 0 Å². The first-order valence-corrected chi connectivity index (χ1v) is 8.77. The van der Waals surface area contributed by atoms with Gasteiger partial charge in [0.25, 0.3) is 10.2 Å². The second-order valence-electron chi connectivity index (χ2n) is 5.71. The first-order valence-electron chi connectivity index (χ1n) is 7.38. The Morgan fingerprint density at radius 1 is 1.13 bits per heavy atom. The van der Waals surface area contributed by atoms with Crippen LogP contribution in [-0.2, 0) is 16.9 Å². The van der Waals surface area contributed by atoms with Crippen molar-refractivity contribution in [1.29, 1.82) is 0 Å². The first-order chi connectivity index (χ1) is 10.9. The van der Waals surface area contributed by atoms with Crippen molar-refractivity contribution in [3.63, 3.8) is 0 Å². The highest BCUT2D eigenvalue weighted by atomic mass is 32.2. The van der Waals surface area contributed by atoms with Crippen molar-refractivity contribution in [3.05, 3.63) is 34.8 Å². The van der Waals surface area contributed by atoms with Gasteiger partial charge in [-0.2, -0.15) is 17.0 Å². The van der Waals surface area contributed by atoms with Crippen LogP contribution in [0.1, 0.15) is 0 Å². The van der Waals surface area contributed by atoms with Crippen molar-refractivity contribution in [1.82, 2.24) is 18.1 Å². The van der Waals surface area contributed by atoms with Gasteiger partial charge in [-0.25, -0.2) is 4.79 Å². The molecular weight excluding hydrogens is 320 g/mol. The van der Waals surface area contributed by atoms with E-state index in [1.807, 2.05) is 23.1 Å². The second kappa shape index (κ2) is 6.08. The van der Waals surface area contributed by atoms with Crippen molar-refractivity contribution in [2.24, 2.45) is 0 Å². The van der Waals surface area contributed by atoms with Crippen LogP contribution in [0.4, 0.5) is 0 Å². The number of nitrogens with zero attached hydrogens (tertiary/aromatic N) is 4. The Hall–Kier alpha value is -1.68. The minimum absolute atomic E-state index is 0.394. The summed E-state index contributed by atoms with van der Waals surface area (Å²) in [6.07, 6.45) is 0. The van der Waals surface area contributed by atoms with Crippen LogP contribution in [0.25, 0.3) is 11.1 Å². The van der Waals surface area contributed by atoms with Crippen molar-refractivity contribution in [3.8, 4) is 0 Å². The van der Waals surface area contributed by atoms with Crippen molar-refractivity contribution in [2.45, 2.75) is 6.67 Å². The third-order valence-corrected chi connectivity index (χ3v) is 5.97. The number of fused-ring (bicyclic) bond motifs is 1. The quantitative estimate of drug-likeness (QED) is 0.781. The molecule has 1 aromatic heterocycles. The highest BCUT2D eigenvalue weighted by Gasteiger charge is 2.28. The number of para-hydroxylation sites is 2. The molecule has 1 aromatic carbocycles. The Labute approximate surface area is 134 Å². The first kappa shape index (κ1) is 16.2. The predicted molar refractivity (Wildman–Crippen MR) is 86.2 cm³/mol. The standard InChI is InChI=1S/C14H20N4O4S/c1-15(2)23(20,21)17-9-7-16(8-10-17)11-18-12-5-3-4-6-13(12)22-14(18)19/h3-6H,7-11H2,1-2H3. The molecule has 8 nitrogen and oxygen atoms in total. The molecule has 0 amide bonds. The van der Waals surface area contributed by atoms with E-state index in [-0.39, 0.29) is 0 Å². The monoisotopic (exact) mass is 340 g/mol. The number of oxazole rings is 1. The Morgan fingerprint density at radius 2 is 1.78 bits per heavy atom. The van der Waals surface area contributed by atoms with Crippen molar-refractivity contribution >= 4 is 21.3 Å². The van der Waals surface area contributed by atoms with Crippen LogP contribution in [0.5, 0.6) is 0 Å². The molecule has 0 atom stereocenters. The normalized spacial score (nSPS) is 18.0. The van der Waals surface area contributed by atoms with Gasteiger partial charge in [0.2, 0.25) is 0 Å². The third-order valence-electron chi connectivity index (χ3n) is 4.03. The molecule has 23 heavy (non-hydrogen) atoms. The average Bonchev–Trinajstić information content (AvgIpc) is 2.84. The van der Waals surface area contributed by atoms with Crippen LogP contribution < -0.4 is 5.76 Å². The van der Waals surface area contributed by atoms with Gasteiger partial charge < -0.3 is 4.42 Å². The summed E-state index contributed by atoms with van der Waals surface area (Å²) in [5.74, 6) is -0.394. The lowest BCUT2D eigenvalue weighted by molar-refractivity contribution is 0.147. The number of rotatable bonds is 4. The van der Waals surface area contributed by atoms with Crippen LogP contribution in [0.2, 0.25) is 0 Å². The predicted octanol–water partition coefficient (Wildman–Crippen LogP) is -0.0240. The lowest BCUT2D eigenvalue weighted by atomic mass is 10.3. The largest absolute Gasteiger partial charge is 0.421 e. The zero-order valence-corrected chi connectivity index (χ0v) is 14.0. The molecular formula is C14H20N4O4S. The third kappa shape index (κ3) is 3.05. The molecule has 3 rings (SSSR count). The van der Waals surface area contributed by atoms with Gasteiger partial charge >= 0.3 is 5.76 Å². The maximum absolute atomic E-state index is 12.1. The van der Waals surface area contributed by atoms with Gasteiger partial charge in [0, 0.05) is 40.3 Å². The summed E-state index contributed by atoms with van der Waals surface area (Å²) in [4.78, 5) is 14.0. The molecule has 0 bridgehead atoms. The maximum atomic E-state index is 12.1. The highest BCUT2D eigenvalue weighted by molar-refractivity contribution is 7.86. The molecule has 2 heterocycles. The van der Waals surface area contributed by atoms with Gasteiger partial charge in [-0.1, -0.05) is 12.1 Å². The van der Waals surface area contributed by atoms with E-state index in [2.05, 4.69) is 0 Å².